The van der Waals surface area contributed by atoms with Gasteiger partial charge in [-0.1, -0.05) is 40.9 Å². The van der Waals surface area contributed by atoms with Crippen LogP contribution < -0.4 is 5.43 Å². The number of hydrogen-bond donors (Lipinski definition) is 1. The van der Waals surface area contributed by atoms with Gasteiger partial charge < -0.3 is 0 Å². The van der Waals surface area contributed by atoms with Crippen molar-refractivity contribution in [3.8, 4) is 11.3 Å². The summed E-state index contributed by atoms with van der Waals surface area (Å²) in [5.41, 5.74) is 6.87. The van der Waals surface area contributed by atoms with Crippen LogP contribution in [-0.2, 0) is 0 Å². The maximum Gasteiger partial charge on any atom is 0.203 e. The summed E-state index contributed by atoms with van der Waals surface area (Å²) in [6.45, 7) is 0. The summed E-state index contributed by atoms with van der Waals surface area (Å²) in [5, 5.41) is 11.1. The third-order valence-corrected chi connectivity index (χ3v) is 4.67. The van der Waals surface area contributed by atoms with E-state index in [0.717, 1.165) is 32.2 Å². The van der Waals surface area contributed by atoms with Gasteiger partial charge in [-0.25, -0.2) is 4.98 Å². The first-order chi connectivity index (χ1) is 11.4. The van der Waals surface area contributed by atoms with E-state index in [0.29, 0.717) is 0 Å². The molecule has 0 spiro atoms. The molecule has 0 atom stereocenters. The van der Waals surface area contributed by atoms with Crippen molar-refractivity contribution in [2.24, 2.45) is 5.10 Å². The van der Waals surface area contributed by atoms with Gasteiger partial charge in [-0.15, -0.1) is 16.4 Å². The Balaban J connectivity index is 1.47. The lowest BCUT2D eigenvalue weighted by atomic mass is 10.2. The van der Waals surface area contributed by atoms with Crippen LogP contribution in [0.15, 0.2) is 59.0 Å². The summed E-state index contributed by atoms with van der Waals surface area (Å²) in [4.78, 5) is 4.53. The number of fused-ring (bicyclic) bond motifs is 1. The number of nitrogens with one attached hydrogen (secondary N) is 1. The van der Waals surface area contributed by atoms with Crippen LogP contribution in [0.1, 0.15) is 5.56 Å². The molecule has 0 bridgehead atoms. The second-order valence-corrected chi connectivity index (χ2v) is 6.42. The summed E-state index contributed by atoms with van der Waals surface area (Å²) in [6.07, 6.45) is 1.75. The zero-order chi connectivity index (χ0) is 15.5. The fraction of sp³-hybridized carbons (Fsp3) is 0. The average Bonchev–Trinajstić information content (AvgIpc) is 3.24. The predicted molar refractivity (Wildman–Crippen MR) is 96.2 cm³/mol. The van der Waals surface area contributed by atoms with Crippen LogP contribution in [0, 0.1) is 0 Å². The molecule has 2 aromatic heterocycles. The summed E-state index contributed by atoms with van der Waals surface area (Å²) < 4.78 is 5.00. The van der Waals surface area contributed by atoms with Crippen LogP contribution in [0.4, 0.5) is 5.13 Å². The lowest BCUT2D eigenvalue weighted by molar-refractivity contribution is 1.20. The van der Waals surface area contributed by atoms with Gasteiger partial charge in [0.1, 0.15) is 5.52 Å². The monoisotopic (exact) mass is 337 g/mol. The Kier molecular flexibility index (Phi) is 3.79. The number of aromatic nitrogens is 3. The SMILES string of the molecule is C(=NNc1nc(-c2ccccc2)cs1)c1ccc2snnc2c1. The Morgan fingerprint density at radius 2 is 2.00 bits per heavy atom. The Morgan fingerprint density at radius 3 is 2.91 bits per heavy atom. The molecular formula is C16H11N5S2. The van der Waals surface area contributed by atoms with Crippen LogP contribution in [0.3, 0.4) is 0 Å². The van der Waals surface area contributed by atoms with E-state index < -0.39 is 0 Å². The highest BCUT2D eigenvalue weighted by Crippen LogP contribution is 2.24. The van der Waals surface area contributed by atoms with E-state index in [2.05, 4.69) is 25.1 Å². The molecule has 0 aliphatic rings. The molecule has 4 aromatic rings. The molecular weight excluding hydrogens is 326 g/mol. The molecule has 4 rings (SSSR count). The third kappa shape index (κ3) is 3.10. The van der Waals surface area contributed by atoms with E-state index >= 15 is 0 Å². The fourth-order valence-corrected chi connectivity index (χ4v) is 3.31. The molecule has 0 saturated heterocycles. The van der Waals surface area contributed by atoms with Gasteiger partial charge in [-0.2, -0.15) is 5.10 Å². The Bertz CT molecular complexity index is 959. The number of nitrogens with zero attached hydrogens (tertiary/aromatic N) is 4. The number of hydrazone groups is 1. The molecule has 0 amide bonds. The topological polar surface area (TPSA) is 63.1 Å². The Hall–Kier alpha value is -2.64. The highest BCUT2D eigenvalue weighted by molar-refractivity contribution is 7.14. The van der Waals surface area contributed by atoms with Crippen molar-refractivity contribution < 1.29 is 0 Å². The molecule has 0 unspecified atom stereocenters. The summed E-state index contributed by atoms with van der Waals surface area (Å²) in [5.74, 6) is 0. The minimum absolute atomic E-state index is 0.761. The molecule has 2 heterocycles. The van der Waals surface area contributed by atoms with Crippen LogP contribution in [0.5, 0.6) is 0 Å². The summed E-state index contributed by atoms with van der Waals surface area (Å²) >= 11 is 2.91. The molecule has 7 heteroatoms. The van der Waals surface area contributed by atoms with Gasteiger partial charge in [0.2, 0.25) is 5.13 Å². The zero-order valence-corrected chi connectivity index (χ0v) is 13.5. The summed E-state index contributed by atoms with van der Waals surface area (Å²) in [6, 6.07) is 16.0. The molecule has 0 aliphatic heterocycles. The predicted octanol–water partition coefficient (Wildman–Crippen LogP) is 4.26. The van der Waals surface area contributed by atoms with Crippen molar-refractivity contribution in [1.29, 1.82) is 0 Å². The van der Waals surface area contributed by atoms with Gasteiger partial charge in [0.15, 0.2) is 0 Å². The molecule has 112 valence electrons. The lowest BCUT2D eigenvalue weighted by Crippen LogP contribution is -1.90. The van der Waals surface area contributed by atoms with Gasteiger partial charge in [0.25, 0.3) is 0 Å². The maximum atomic E-state index is 4.53. The van der Waals surface area contributed by atoms with E-state index in [4.69, 9.17) is 0 Å². The Morgan fingerprint density at radius 1 is 1.09 bits per heavy atom. The molecule has 0 saturated carbocycles. The van der Waals surface area contributed by atoms with Crippen LogP contribution >= 0.6 is 22.9 Å². The first-order valence-electron chi connectivity index (χ1n) is 6.91. The highest BCUT2D eigenvalue weighted by Gasteiger charge is 2.03. The minimum atomic E-state index is 0.761. The van der Waals surface area contributed by atoms with E-state index in [1.165, 1.54) is 22.9 Å². The normalized spacial score (nSPS) is 11.3. The third-order valence-electron chi connectivity index (χ3n) is 3.22. The number of thiazole rings is 1. The second kappa shape index (κ2) is 6.23. The van der Waals surface area contributed by atoms with Crippen molar-refractivity contribution >= 4 is 44.4 Å². The van der Waals surface area contributed by atoms with Gasteiger partial charge in [-0.3, -0.25) is 5.43 Å². The van der Waals surface area contributed by atoms with Gasteiger partial charge in [0, 0.05) is 10.9 Å². The van der Waals surface area contributed by atoms with Crippen molar-refractivity contribution in [3.63, 3.8) is 0 Å². The van der Waals surface area contributed by atoms with E-state index in [-0.39, 0.29) is 0 Å². The van der Waals surface area contributed by atoms with E-state index in [1.54, 1.807) is 6.21 Å². The quantitative estimate of drug-likeness (QED) is 0.446. The van der Waals surface area contributed by atoms with Crippen molar-refractivity contribution in [1.82, 2.24) is 14.6 Å². The number of benzene rings is 2. The van der Waals surface area contributed by atoms with Crippen LogP contribution in [0.2, 0.25) is 0 Å². The van der Waals surface area contributed by atoms with E-state index in [1.807, 2.05) is 53.9 Å². The lowest BCUT2D eigenvalue weighted by Gasteiger charge is -1.95. The summed E-state index contributed by atoms with van der Waals surface area (Å²) in [7, 11) is 0. The van der Waals surface area contributed by atoms with Gasteiger partial charge in [-0.05, 0) is 29.2 Å². The van der Waals surface area contributed by atoms with Crippen molar-refractivity contribution in [2.45, 2.75) is 0 Å². The molecule has 1 N–H and O–H groups in total. The highest BCUT2D eigenvalue weighted by atomic mass is 32.1. The van der Waals surface area contributed by atoms with Crippen molar-refractivity contribution in [2.75, 3.05) is 5.43 Å². The molecule has 0 radical (unpaired) electrons. The first-order valence-corrected chi connectivity index (χ1v) is 8.56. The number of rotatable bonds is 4. The standard InChI is InChI=1S/C16H11N5S2/c1-2-4-12(5-3-1)14-10-22-16(18-14)20-17-9-11-6-7-15-13(8-11)19-21-23-15/h1-10H,(H,18,20). The smallest absolute Gasteiger partial charge is 0.203 e. The average molecular weight is 337 g/mol. The second-order valence-electron chi connectivity index (χ2n) is 4.77. The Labute approximate surface area is 140 Å². The van der Waals surface area contributed by atoms with Gasteiger partial charge in [0.05, 0.1) is 16.6 Å². The van der Waals surface area contributed by atoms with Crippen LogP contribution in [0.25, 0.3) is 21.5 Å². The van der Waals surface area contributed by atoms with E-state index in [9.17, 15) is 0 Å². The molecule has 0 fully saturated rings. The van der Waals surface area contributed by atoms with Crippen LogP contribution in [-0.4, -0.2) is 20.8 Å². The molecule has 2 aromatic carbocycles. The maximum absolute atomic E-state index is 4.53. The zero-order valence-electron chi connectivity index (χ0n) is 11.9. The molecule has 23 heavy (non-hydrogen) atoms. The minimum Gasteiger partial charge on any atom is -0.253 e. The number of hydrogen-bond acceptors (Lipinski definition) is 7. The molecule has 5 nitrogen and oxygen atoms in total. The van der Waals surface area contributed by atoms with Crippen molar-refractivity contribution in [3.05, 3.63) is 59.5 Å². The molecule has 0 aliphatic carbocycles. The first kappa shape index (κ1) is 14.0. The van der Waals surface area contributed by atoms with Gasteiger partial charge >= 0.3 is 0 Å². The fourth-order valence-electron chi connectivity index (χ4n) is 2.11. The number of anilines is 1. The largest absolute Gasteiger partial charge is 0.253 e.